The van der Waals surface area contributed by atoms with Gasteiger partial charge in [-0.3, -0.25) is 4.79 Å². The molecule has 1 aliphatic rings. The lowest BCUT2D eigenvalue weighted by Gasteiger charge is -2.24. The Hall–Kier alpha value is -1.35. The molecule has 0 aliphatic heterocycles. The molecule has 92 valence electrons. The van der Waals surface area contributed by atoms with Gasteiger partial charge < -0.3 is 10.4 Å². The van der Waals surface area contributed by atoms with E-state index in [4.69, 9.17) is 0 Å². The van der Waals surface area contributed by atoms with E-state index in [0.717, 1.165) is 24.8 Å². The molecule has 1 saturated carbocycles. The number of benzene rings is 1. The van der Waals surface area contributed by atoms with Gasteiger partial charge in [-0.25, -0.2) is 0 Å². The van der Waals surface area contributed by atoms with Crippen LogP contribution in [0, 0.1) is 5.92 Å². The summed E-state index contributed by atoms with van der Waals surface area (Å²) in [6.45, 7) is 0.576. The summed E-state index contributed by atoms with van der Waals surface area (Å²) in [6, 6.07) is 9.88. The van der Waals surface area contributed by atoms with Crippen LogP contribution in [0.15, 0.2) is 30.3 Å². The quantitative estimate of drug-likeness (QED) is 0.837. The van der Waals surface area contributed by atoms with E-state index in [-0.39, 0.29) is 17.9 Å². The maximum atomic E-state index is 11.9. The van der Waals surface area contributed by atoms with Crippen LogP contribution in [0.3, 0.4) is 0 Å². The van der Waals surface area contributed by atoms with Crippen molar-refractivity contribution in [2.24, 2.45) is 5.92 Å². The van der Waals surface area contributed by atoms with Gasteiger partial charge >= 0.3 is 0 Å². The number of nitrogens with one attached hydrogen (secondary N) is 1. The highest BCUT2D eigenvalue weighted by Crippen LogP contribution is 2.24. The molecular formula is C14H19NO2. The Morgan fingerprint density at radius 1 is 1.29 bits per heavy atom. The van der Waals surface area contributed by atoms with Gasteiger partial charge in [0.25, 0.3) is 0 Å². The van der Waals surface area contributed by atoms with E-state index in [1.54, 1.807) is 0 Å². The molecule has 0 aromatic heterocycles. The normalized spacial score (nSPS) is 24.3. The summed E-state index contributed by atoms with van der Waals surface area (Å²) < 4.78 is 0. The number of rotatable bonds is 3. The predicted molar refractivity (Wildman–Crippen MR) is 66.3 cm³/mol. The number of carbonyl (C=O) groups is 1. The molecule has 1 amide bonds. The molecule has 0 unspecified atom stereocenters. The minimum absolute atomic E-state index is 0.0116. The van der Waals surface area contributed by atoms with Crippen LogP contribution in [0.25, 0.3) is 0 Å². The molecule has 1 aromatic rings. The summed E-state index contributed by atoms with van der Waals surface area (Å²) in [5, 5.41) is 12.5. The van der Waals surface area contributed by atoms with Gasteiger partial charge in [-0.2, -0.15) is 0 Å². The molecule has 2 atom stereocenters. The fraction of sp³-hybridized carbons (Fsp3) is 0.500. The fourth-order valence-electron chi connectivity index (χ4n) is 2.33. The van der Waals surface area contributed by atoms with Crippen molar-refractivity contribution in [1.29, 1.82) is 0 Å². The van der Waals surface area contributed by atoms with E-state index < -0.39 is 0 Å². The van der Waals surface area contributed by atoms with E-state index in [9.17, 15) is 9.90 Å². The van der Waals surface area contributed by atoms with Crippen molar-refractivity contribution in [1.82, 2.24) is 5.32 Å². The number of amides is 1. The molecule has 1 aliphatic carbocycles. The Morgan fingerprint density at radius 2 is 2.06 bits per heavy atom. The zero-order valence-corrected chi connectivity index (χ0v) is 9.93. The van der Waals surface area contributed by atoms with Crippen molar-refractivity contribution in [2.75, 3.05) is 0 Å². The highest BCUT2D eigenvalue weighted by molar-refractivity contribution is 5.78. The Morgan fingerprint density at radius 3 is 2.76 bits per heavy atom. The van der Waals surface area contributed by atoms with Gasteiger partial charge in [0.15, 0.2) is 0 Å². The molecule has 0 spiro atoms. The molecule has 3 heteroatoms. The van der Waals surface area contributed by atoms with Crippen molar-refractivity contribution in [2.45, 2.75) is 38.3 Å². The van der Waals surface area contributed by atoms with Crippen LogP contribution < -0.4 is 5.32 Å². The summed E-state index contributed by atoms with van der Waals surface area (Å²) in [7, 11) is 0. The second-order valence-electron chi connectivity index (χ2n) is 4.72. The molecule has 1 aromatic carbocycles. The van der Waals surface area contributed by atoms with E-state index >= 15 is 0 Å². The van der Waals surface area contributed by atoms with Gasteiger partial charge in [-0.15, -0.1) is 0 Å². The molecule has 0 heterocycles. The second kappa shape index (κ2) is 5.82. The van der Waals surface area contributed by atoms with Crippen molar-refractivity contribution in [3.05, 3.63) is 35.9 Å². The zero-order valence-electron chi connectivity index (χ0n) is 9.93. The molecule has 3 nitrogen and oxygen atoms in total. The number of aliphatic hydroxyl groups excluding tert-OH is 1. The van der Waals surface area contributed by atoms with E-state index in [1.165, 1.54) is 0 Å². The summed E-state index contributed by atoms with van der Waals surface area (Å²) >= 11 is 0. The SMILES string of the molecule is O=C(NCc1ccccc1)[C@@H]1CCC[C@H](O)C1. The first-order valence-corrected chi connectivity index (χ1v) is 6.25. The highest BCUT2D eigenvalue weighted by atomic mass is 16.3. The third-order valence-electron chi connectivity index (χ3n) is 3.33. The van der Waals surface area contributed by atoms with Gasteiger partial charge in [-0.05, 0) is 24.8 Å². The van der Waals surface area contributed by atoms with Crippen LogP contribution in [-0.4, -0.2) is 17.1 Å². The first-order chi connectivity index (χ1) is 8.25. The number of hydrogen-bond donors (Lipinski definition) is 2. The zero-order chi connectivity index (χ0) is 12.1. The lowest BCUT2D eigenvalue weighted by Crippen LogP contribution is -2.34. The molecule has 1 fully saturated rings. The minimum atomic E-state index is -0.295. The number of carbonyl (C=O) groups excluding carboxylic acids is 1. The second-order valence-corrected chi connectivity index (χ2v) is 4.72. The Kier molecular flexibility index (Phi) is 4.15. The third kappa shape index (κ3) is 3.56. The maximum Gasteiger partial charge on any atom is 0.223 e. The lowest BCUT2D eigenvalue weighted by molar-refractivity contribution is -0.127. The smallest absolute Gasteiger partial charge is 0.223 e. The summed E-state index contributed by atoms with van der Waals surface area (Å²) in [4.78, 5) is 11.9. The fourth-order valence-corrected chi connectivity index (χ4v) is 2.33. The van der Waals surface area contributed by atoms with Crippen molar-refractivity contribution >= 4 is 5.91 Å². The maximum absolute atomic E-state index is 11.9. The largest absolute Gasteiger partial charge is 0.393 e. The third-order valence-corrected chi connectivity index (χ3v) is 3.33. The summed E-state index contributed by atoms with van der Waals surface area (Å²) in [6.07, 6.45) is 3.00. The molecular weight excluding hydrogens is 214 g/mol. The average Bonchev–Trinajstić information content (AvgIpc) is 2.37. The molecule has 2 rings (SSSR count). The molecule has 0 saturated heterocycles. The summed E-state index contributed by atoms with van der Waals surface area (Å²) in [5.74, 6) is 0.0649. The molecule has 0 radical (unpaired) electrons. The highest BCUT2D eigenvalue weighted by Gasteiger charge is 2.25. The summed E-state index contributed by atoms with van der Waals surface area (Å²) in [5.41, 5.74) is 1.11. The van der Waals surface area contributed by atoms with Gasteiger partial charge in [0.2, 0.25) is 5.91 Å². The van der Waals surface area contributed by atoms with Crippen LogP contribution >= 0.6 is 0 Å². The Labute approximate surface area is 102 Å². The van der Waals surface area contributed by atoms with Crippen LogP contribution in [0.1, 0.15) is 31.2 Å². The van der Waals surface area contributed by atoms with Crippen LogP contribution in [0.5, 0.6) is 0 Å². The molecule has 17 heavy (non-hydrogen) atoms. The average molecular weight is 233 g/mol. The molecule has 0 bridgehead atoms. The monoisotopic (exact) mass is 233 g/mol. The first-order valence-electron chi connectivity index (χ1n) is 6.25. The number of hydrogen-bond acceptors (Lipinski definition) is 2. The van der Waals surface area contributed by atoms with Gasteiger partial charge in [0.05, 0.1) is 6.10 Å². The van der Waals surface area contributed by atoms with Gasteiger partial charge in [0.1, 0.15) is 0 Å². The van der Waals surface area contributed by atoms with Crippen molar-refractivity contribution in [3.8, 4) is 0 Å². The Balaban J connectivity index is 1.81. The van der Waals surface area contributed by atoms with Crippen LogP contribution in [0.4, 0.5) is 0 Å². The van der Waals surface area contributed by atoms with E-state index in [2.05, 4.69) is 5.32 Å². The van der Waals surface area contributed by atoms with Gasteiger partial charge in [0, 0.05) is 12.5 Å². The predicted octanol–water partition coefficient (Wildman–Crippen LogP) is 1.85. The number of aliphatic hydroxyl groups is 1. The van der Waals surface area contributed by atoms with E-state index in [1.807, 2.05) is 30.3 Å². The Bertz CT molecular complexity index is 364. The van der Waals surface area contributed by atoms with Gasteiger partial charge in [-0.1, -0.05) is 36.8 Å². The van der Waals surface area contributed by atoms with Crippen molar-refractivity contribution in [3.63, 3.8) is 0 Å². The van der Waals surface area contributed by atoms with Crippen LogP contribution in [0.2, 0.25) is 0 Å². The van der Waals surface area contributed by atoms with E-state index in [0.29, 0.717) is 13.0 Å². The van der Waals surface area contributed by atoms with Crippen molar-refractivity contribution < 1.29 is 9.90 Å². The first kappa shape index (κ1) is 12.1. The topological polar surface area (TPSA) is 49.3 Å². The molecule has 2 N–H and O–H groups in total. The standard InChI is InChI=1S/C14H19NO2/c16-13-8-4-7-12(9-13)14(17)15-10-11-5-2-1-3-6-11/h1-3,5-6,12-13,16H,4,7-10H2,(H,15,17)/t12-,13+/m1/s1. The minimum Gasteiger partial charge on any atom is -0.393 e. The van der Waals surface area contributed by atoms with Crippen LogP contribution in [-0.2, 0) is 11.3 Å². The lowest BCUT2D eigenvalue weighted by atomic mass is 9.86.